The number of rotatable bonds is 6. The molecule has 0 unspecified atom stereocenters. The molecule has 6 nitrogen and oxygen atoms in total. The molecule has 0 aliphatic carbocycles. The highest BCUT2D eigenvalue weighted by Gasteiger charge is 2.24. The molecule has 1 saturated heterocycles. The third-order valence-electron chi connectivity index (χ3n) is 5.48. The average Bonchev–Trinajstić information content (AvgIpc) is 3.37. The summed E-state index contributed by atoms with van der Waals surface area (Å²) in [5.41, 5.74) is 4.07. The van der Waals surface area contributed by atoms with Crippen LogP contribution in [0.25, 0.3) is 10.9 Å². The number of aromatic nitrogens is 1. The molecular weight excluding hydrogens is 352 g/mol. The maximum Gasteiger partial charge on any atom is 0.319 e. The summed E-state index contributed by atoms with van der Waals surface area (Å²) in [6.07, 6.45) is 4.03. The van der Waals surface area contributed by atoms with E-state index in [0.717, 1.165) is 48.1 Å². The first-order chi connectivity index (χ1) is 13.7. The van der Waals surface area contributed by atoms with E-state index in [2.05, 4.69) is 26.6 Å². The number of aromatic amines is 1. The van der Waals surface area contributed by atoms with Gasteiger partial charge in [0, 0.05) is 36.2 Å². The van der Waals surface area contributed by atoms with Crippen LogP contribution < -0.4 is 10.6 Å². The second-order valence-corrected chi connectivity index (χ2v) is 7.27. The molecule has 0 radical (unpaired) electrons. The summed E-state index contributed by atoms with van der Waals surface area (Å²) in [6, 6.07) is 15.9. The van der Waals surface area contributed by atoms with Crippen LogP contribution in [0.15, 0.2) is 54.7 Å². The lowest BCUT2D eigenvalue weighted by molar-refractivity contribution is 0.153. The quantitative estimate of drug-likeness (QED) is 0.530. The third-order valence-corrected chi connectivity index (χ3v) is 5.48. The fourth-order valence-corrected chi connectivity index (χ4v) is 3.95. The molecule has 6 heteroatoms. The lowest BCUT2D eigenvalue weighted by Gasteiger charge is -2.24. The summed E-state index contributed by atoms with van der Waals surface area (Å²) in [4.78, 5) is 17.9. The van der Waals surface area contributed by atoms with Crippen LogP contribution in [0.4, 0.5) is 10.5 Å². The van der Waals surface area contributed by atoms with Crippen LogP contribution in [-0.2, 0) is 13.1 Å². The number of fused-ring (bicyclic) bond motifs is 1. The molecule has 28 heavy (non-hydrogen) atoms. The van der Waals surface area contributed by atoms with Gasteiger partial charge >= 0.3 is 6.03 Å². The molecule has 2 heterocycles. The number of amides is 2. The van der Waals surface area contributed by atoms with E-state index < -0.39 is 0 Å². The first-order valence-electron chi connectivity index (χ1n) is 9.77. The van der Waals surface area contributed by atoms with Crippen LogP contribution in [0.1, 0.15) is 24.0 Å². The van der Waals surface area contributed by atoms with Crippen LogP contribution in [0.5, 0.6) is 0 Å². The number of aliphatic hydroxyl groups excluding tert-OH is 1. The number of hydrogen-bond donors (Lipinski definition) is 4. The normalized spacial score (nSPS) is 17.1. The van der Waals surface area contributed by atoms with E-state index in [0.29, 0.717) is 6.54 Å². The molecule has 1 aliphatic rings. The molecule has 146 valence electrons. The lowest BCUT2D eigenvalue weighted by atomic mass is 10.1. The molecule has 3 aromatic rings. The van der Waals surface area contributed by atoms with Crippen LogP contribution >= 0.6 is 0 Å². The number of aliphatic hydroxyl groups is 1. The Hall–Kier alpha value is -2.83. The van der Waals surface area contributed by atoms with E-state index >= 15 is 0 Å². The molecule has 4 rings (SSSR count). The summed E-state index contributed by atoms with van der Waals surface area (Å²) < 4.78 is 0. The van der Waals surface area contributed by atoms with Crippen molar-refractivity contribution in [2.45, 2.75) is 32.0 Å². The predicted octanol–water partition coefficient (Wildman–Crippen LogP) is 3.45. The van der Waals surface area contributed by atoms with Crippen molar-refractivity contribution in [3.8, 4) is 0 Å². The van der Waals surface area contributed by atoms with Gasteiger partial charge in [0.05, 0.1) is 12.3 Å². The Morgan fingerprint density at radius 3 is 2.86 bits per heavy atom. The Bertz CT molecular complexity index is 952. The lowest BCUT2D eigenvalue weighted by Crippen LogP contribution is -2.33. The van der Waals surface area contributed by atoms with Gasteiger partial charge in [0.2, 0.25) is 0 Å². The molecule has 0 saturated carbocycles. The van der Waals surface area contributed by atoms with Gasteiger partial charge in [-0.3, -0.25) is 4.90 Å². The number of nitrogens with one attached hydrogen (secondary N) is 3. The number of hydrogen-bond acceptors (Lipinski definition) is 3. The summed E-state index contributed by atoms with van der Waals surface area (Å²) in [7, 11) is 0. The van der Waals surface area contributed by atoms with Gasteiger partial charge in [-0.05, 0) is 48.7 Å². The van der Waals surface area contributed by atoms with Crippen molar-refractivity contribution in [1.82, 2.24) is 15.2 Å². The maximum atomic E-state index is 12.4. The summed E-state index contributed by atoms with van der Waals surface area (Å²) in [5, 5.41) is 16.4. The Labute approximate surface area is 164 Å². The van der Waals surface area contributed by atoms with E-state index in [-0.39, 0.29) is 18.7 Å². The topological polar surface area (TPSA) is 80.4 Å². The van der Waals surface area contributed by atoms with Crippen molar-refractivity contribution in [3.63, 3.8) is 0 Å². The van der Waals surface area contributed by atoms with Crippen molar-refractivity contribution in [1.29, 1.82) is 0 Å². The highest BCUT2D eigenvalue weighted by molar-refractivity contribution is 6.00. The van der Waals surface area contributed by atoms with Crippen molar-refractivity contribution in [2.75, 3.05) is 18.5 Å². The molecule has 2 amide bonds. The zero-order chi connectivity index (χ0) is 19.3. The zero-order valence-corrected chi connectivity index (χ0v) is 15.8. The number of H-pyrrole nitrogens is 1. The summed E-state index contributed by atoms with van der Waals surface area (Å²) >= 11 is 0. The van der Waals surface area contributed by atoms with Crippen LogP contribution in [-0.4, -0.2) is 40.2 Å². The van der Waals surface area contributed by atoms with Crippen LogP contribution in [0.2, 0.25) is 0 Å². The fourth-order valence-electron chi connectivity index (χ4n) is 3.95. The van der Waals surface area contributed by atoms with E-state index in [1.807, 2.05) is 48.7 Å². The molecule has 1 atom stereocenters. The molecular formula is C22H26N4O2. The maximum absolute atomic E-state index is 12.4. The predicted molar refractivity (Wildman–Crippen MR) is 111 cm³/mol. The molecule has 0 spiro atoms. The highest BCUT2D eigenvalue weighted by Crippen LogP contribution is 2.23. The summed E-state index contributed by atoms with van der Waals surface area (Å²) in [6.45, 7) is 2.47. The molecule has 1 fully saturated rings. The molecule has 2 aromatic carbocycles. The number of likely N-dealkylation sites (tertiary alicyclic amines) is 1. The van der Waals surface area contributed by atoms with Gasteiger partial charge < -0.3 is 20.7 Å². The Kier molecular flexibility index (Phi) is 5.60. The molecule has 1 aromatic heterocycles. The Morgan fingerprint density at radius 1 is 1.14 bits per heavy atom. The number of anilines is 1. The van der Waals surface area contributed by atoms with E-state index in [1.54, 1.807) is 0 Å². The smallest absolute Gasteiger partial charge is 0.319 e. The van der Waals surface area contributed by atoms with Gasteiger partial charge in [-0.15, -0.1) is 0 Å². The number of carbonyl (C=O) groups excluding carboxylic acids is 1. The van der Waals surface area contributed by atoms with Crippen LogP contribution in [0, 0.1) is 0 Å². The van der Waals surface area contributed by atoms with Gasteiger partial charge in [-0.25, -0.2) is 4.79 Å². The first kappa shape index (κ1) is 18.5. The van der Waals surface area contributed by atoms with Crippen molar-refractivity contribution < 1.29 is 9.90 Å². The highest BCUT2D eigenvalue weighted by atomic mass is 16.3. The van der Waals surface area contributed by atoms with E-state index in [9.17, 15) is 9.90 Å². The van der Waals surface area contributed by atoms with Gasteiger partial charge in [0.25, 0.3) is 0 Å². The molecule has 4 N–H and O–H groups in total. The minimum absolute atomic E-state index is 0.202. The minimum atomic E-state index is -0.224. The minimum Gasteiger partial charge on any atom is -0.395 e. The Balaban J connectivity index is 1.39. The first-order valence-corrected chi connectivity index (χ1v) is 9.77. The number of urea groups is 1. The van der Waals surface area contributed by atoms with Crippen molar-refractivity contribution in [2.24, 2.45) is 0 Å². The zero-order valence-electron chi connectivity index (χ0n) is 15.8. The summed E-state index contributed by atoms with van der Waals surface area (Å²) in [5.74, 6) is 0. The number of benzene rings is 2. The van der Waals surface area contributed by atoms with Gasteiger partial charge in [0.15, 0.2) is 0 Å². The van der Waals surface area contributed by atoms with Gasteiger partial charge in [0.1, 0.15) is 0 Å². The van der Waals surface area contributed by atoms with Crippen molar-refractivity contribution in [3.05, 3.63) is 65.9 Å². The largest absolute Gasteiger partial charge is 0.395 e. The fraction of sp³-hybridized carbons (Fsp3) is 0.318. The SMILES string of the molecule is O=C(NCc1ccccc1CN1CCC[C@H]1CO)Nc1cccc2[nH]ccc12. The average molecular weight is 378 g/mol. The van der Waals surface area contributed by atoms with E-state index in [1.165, 1.54) is 5.56 Å². The molecule has 0 bridgehead atoms. The second kappa shape index (κ2) is 8.46. The number of nitrogens with zero attached hydrogens (tertiary/aromatic N) is 1. The second-order valence-electron chi connectivity index (χ2n) is 7.27. The molecule has 1 aliphatic heterocycles. The van der Waals surface area contributed by atoms with Crippen molar-refractivity contribution >= 4 is 22.6 Å². The third kappa shape index (κ3) is 4.03. The van der Waals surface area contributed by atoms with Gasteiger partial charge in [-0.2, -0.15) is 0 Å². The van der Waals surface area contributed by atoms with Gasteiger partial charge in [-0.1, -0.05) is 30.3 Å². The van der Waals surface area contributed by atoms with E-state index in [4.69, 9.17) is 0 Å². The number of carbonyl (C=O) groups is 1. The monoisotopic (exact) mass is 378 g/mol. The Morgan fingerprint density at radius 2 is 2.00 bits per heavy atom. The van der Waals surface area contributed by atoms with Crippen LogP contribution in [0.3, 0.4) is 0 Å². The standard InChI is InChI=1S/C22H26N4O2/c27-15-18-7-4-12-26(18)14-17-6-2-1-5-16(17)13-24-22(28)25-21-9-3-8-20-19(21)10-11-23-20/h1-3,5-6,8-11,18,23,27H,4,7,12-15H2,(H2,24,25,28)/t18-/m0/s1.